The van der Waals surface area contributed by atoms with E-state index in [0.717, 1.165) is 37.9 Å². The Balaban J connectivity index is 3.60. The molecule has 96 valence electrons. The number of rotatable bonds is 10. The average molecular weight is 247 g/mol. The van der Waals surface area contributed by atoms with Crippen molar-refractivity contribution in [1.82, 2.24) is 5.32 Å². The molecule has 0 spiro atoms. The zero-order valence-electron chi connectivity index (χ0n) is 10.5. The second-order valence-corrected chi connectivity index (χ2v) is 5.30. The number of carbonyl (C=O) groups is 1. The topological polar surface area (TPSA) is 49.3 Å². The van der Waals surface area contributed by atoms with E-state index in [9.17, 15) is 4.79 Å². The Labute approximate surface area is 103 Å². The molecule has 0 rings (SSSR count). The summed E-state index contributed by atoms with van der Waals surface area (Å²) < 4.78 is 0. The van der Waals surface area contributed by atoms with Crippen molar-refractivity contribution in [2.75, 3.05) is 12.4 Å². The predicted molar refractivity (Wildman–Crippen MR) is 70.5 cm³/mol. The molecule has 2 N–H and O–H groups in total. The average Bonchev–Trinajstić information content (AvgIpc) is 2.24. The largest absolute Gasteiger partial charge is 0.396 e. The lowest BCUT2D eigenvalue weighted by atomic mass is 10.2. The zero-order chi connectivity index (χ0) is 12.2. The van der Waals surface area contributed by atoms with Crippen molar-refractivity contribution in [2.24, 2.45) is 0 Å². The molecular weight excluding hydrogens is 222 g/mol. The van der Waals surface area contributed by atoms with Crippen LogP contribution in [0.5, 0.6) is 0 Å². The maximum Gasteiger partial charge on any atom is 0.217 e. The summed E-state index contributed by atoms with van der Waals surface area (Å²) in [5.41, 5.74) is 0. The molecular formula is C12H25NO2S. The number of thioether (sulfide) groups is 1. The highest BCUT2D eigenvalue weighted by molar-refractivity contribution is 7.99. The van der Waals surface area contributed by atoms with Crippen molar-refractivity contribution >= 4 is 17.7 Å². The Hall–Kier alpha value is -0.220. The van der Waals surface area contributed by atoms with Gasteiger partial charge in [0, 0.05) is 13.5 Å². The van der Waals surface area contributed by atoms with Crippen molar-refractivity contribution < 1.29 is 9.90 Å². The Morgan fingerprint density at radius 1 is 1.31 bits per heavy atom. The molecule has 0 aliphatic rings. The molecule has 0 fully saturated rings. The van der Waals surface area contributed by atoms with E-state index in [2.05, 4.69) is 12.2 Å². The number of unbranched alkanes of at least 4 members (excludes halogenated alkanes) is 3. The van der Waals surface area contributed by atoms with Gasteiger partial charge in [-0.3, -0.25) is 4.79 Å². The van der Waals surface area contributed by atoms with Gasteiger partial charge in [-0.1, -0.05) is 26.2 Å². The standard InChI is InChI=1S/C12H25NO2S/c1-3-4-8-12(13-11(2)15)16-10-7-5-6-9-14/h12,14H,3-10H2,1-2H3,(H,13,15). The molecule has 0 aromatic carbocycles. The number of carbonyl (C=O) groups excluding carboxylic acids is 1. The van der Waals surface area contributed by atoms with Gasteiger partial charge in [0.05, 0.1) is 5.37 Å². The Morgan fingerprint density at radius 2 is 2.06 bits per heavy atom. The monoisotopic (exact) mass is 247 g/mol. The lowest BCUT2D eigenvalue weighted by Crippen LogP contribution is -2.30. The Morgan fingerprint density at radius 3 is 2.62 bits per heavy atom. The minimum Gasteiger partial charge on any atom is -0.396 e. The molecule has 0 saturated heterocycles. The van der Waals surface area contributed by atoms with Gasteiger partial charge in [-0.15, -0.1) is 11.8 Å². The molecule has 0 aliphatic carbocycles. The lowest BCUT2D eigenvalue weighted by molar-refractivity contribution is -0.119. The van der Waals surface area contributed by atoms with Crippen LogP contribution in [0.3, 0.4) is 0 Å². The summed E-state index contributed by atoms with van der Waals surface area (Å²) in [6.45, 7) is 4.03. The zero-order valence-corrected chi connectivity index (χ0v) is 11.3. The van der Waals surface area contributed by atoms with Crippen LogP contribution in [0.4, 0.5) is 0 Å². The van der Waals surface area contributed by atoms with Gasteiger partial charge < -0.3 is 10.4 Å². The second-order valence-electron chi connectivity index (χ2n) is 3.99. The summed E-state index contributed by atoms with van der Waals surface area (Å²) in [5, 5.41) is 11.9. The highest BCUT2D eigenvalue weighted by Gasteiger charge is 2.09. The fourth-order valence-corrected chi connectivity index (χ4v) is 2.67. The maximum absolute atomic E-state index is 11.0. The third kappa shape index (κ3) is 10.3. The van der Waals surface area contributed by atoms with Crippen LogP contribution >= 0.6 is 11.8 Å². The molecule has 1 amide bonds. The molecule has 0 aliphatic heterocycles. The molecule has 0 radical (unpaired) electrons. The van der Waals surface area contributed by atoms with Crippen LogP contribution in [0, 0.1) is 0 Å². The van der Waals surface area contributed by atoms with E-state index in [1.165, 1.54) is 6.42 Å². The molecule has 0 aromatic rings. The third-order valence-corrected chi connectivity index (χ3v) is 3.59. The molecule has 0 bridgehead atoms. The summed E-state index contributed by atoms with van der Waals surface area (Å²) in [4.78, 5) is 11.0. The normalized spacial score (nSPS) is 12.4. The van der Waals surface area contributed by atoms with Crippen LogP contribution < -0.4 is 5.32 Å². The van der Waals surface area contributed by atoms with Crippen LogP contribution in [0.15, 0.2) is 0 Å². The number of aliphatic hydroxyl groups is 1. The van der Waals surface area contributed by atoms with Crippen molar-refractivity contribution in [3.05, 3.63) is 0 Å². The lowest BCUT2D eigenvalue weighted by Gasteiger charge is -2.16. The minimum absolute atomic E-state index is 0.0592. The molecule has 16 heavy (non-hydrogen) atoms. The number of amides is 1. The Bertz CT molecular complexity index is 176. The van der Waals surface area contributed by atoms with Gasteiger partial charge >= 0.3 is 0 Å². The predicted octanol–water partition coefficient (Wildman–Crippen LogP) is 2.53. The molecule has 4 heteroatoms. The number of hydrogen-bond acceptors (Lipinski definition) is 3. The smallest absolute Gasteiger partial charge is 0.217 e. The fraction of sp³-hybridized carbons (Fsp3) is 0.917. The number of hydrogen-bond donors (Lipinski definition) is 2. The van der Waals surface area contributed by atoms with Crippen LogP contribution in [0.25, 0.3) is 0 Å². The van der Waals surface area contributed by atoms with Crippen LogP contribution in [0.1, 0.15) is 52.4 Å². The van der Waals surface area contributed by atoms with Crippen molar-refractivity contribution in [1.29, 1.82) is 0 Å². The molecule has 0 saturated carbocycles. The van der Waals surface area contributed by atoms with E-state index in [-0.39, 0.29) is 17.9 Å². The van der Waals surface area contributed by atoms with Gasteiger partial charge in [-0.2, -0.15) is 0 Å². The van der Waals surface area contributed by atoms with Gasteiger partial charge in [0.15, 0.2) is 0 Å². The first-order valence-corrected chi connectivity index (χ1v) is 7.25. The van der Waals surface area contributed by atoms with Crippen LogP contribution in [-0.2, 0) is 4.79 Å². The first-order valence-electron chi connectivity index (χ1n) is 6.20. The SMILES string of the molecule is CCCCC(NC(C)=O)SCCCCCO. The molecule has 1 unspecified atom stereocenters. The molecule has 0 heterocycles. The van der Waals surface area contributed by atoms with Crippen LogP contribution in [-0.4, -0.2) is 28.7 Å². The van der Waals surface area contributed by atoms with Gasteiger partial charge in [0.1, 0.15) is 0 Å². The first-order chi connectivity index (χ1) is 7.70. The highest BCUT2D eigenvalue weighted by atomic mass is 32.2. The summed E-state index contributed by atoms with van der Waals surface area (Å²) >= 11 is 1.83. The minimum atomic E-state index is 0.0592. The van der Waals surface area contributed by atoms with Crippen molar-refractivity contribution in [2.45, 2.75) is 57.7 Å². The fourth-order valence-electron chi connectivity index (χ4n) is 1.43. The summed E-state index contributed by atoms with van der Waals surface area (Å²) in [5.74, 6) is 1.12. The molecule has 3 nitrogen and oxygen atoms in total. The Kier molecular flexibility index (Phi) is 11.1. The van der Waals surface area contributed by atoms with Crippen molar-refractivity contribution in [3.63, 3.8) is 0 Å². The number of aliphatic hydroxyl groups excluding tert-OH is 1. The third-order valence-electron chi connectivity index (χ3n) is 2.31. The van der Waals surface area contributed by atoms with E-state index in [4.69, 9.17) is 5.11 Å². The van der Waals surface area contributed by atoms with Crippen LogP contribution in [0.2, 0.25) is 0 Å². The van der Waals surface area contributed by atoms with E-state index >= 15 is 0 Å². The quantitative estimate of drug-likeness (QED) is 0.461. The van der Waals surface area contributed by atoms with Gasteiger partial charge in [-0.25, -0.2) is 0 Å². The molecule has 0 aromatic heterocycles. The summed E-state index contributed by atoms with van der Waals surface area (Å²) in [6.07, 6.45) is 6.47. The highest BCUT2D eigenvalue weighted by Crippen LogP contribution is 2.17. The van der Waals surface area contributed by atoms with Gasteiger partial charge in [0.2, 0.25) is 5.91 Å². The summed E-state index contributed by atoms with van der Waals surface area (Å²) in [6, 6.07) is 0. The number of nitrogens with one attached hydrogen (secondary N) is 1. The van der Waals surface area contributed by atoms with E-state index < -0.39 is 0 Å². The second kappa shape index (κ2) is 11.3. The summed E-state index contributed by atoms with van der Waals surface area (Å²) in [7, 11) is 0. The van der Waals surface area contributed by atoms with E-state index in [1.807, 2.05) is 11.8 Å². The maximum atomic E-state index is 11.0. The van der Waals surface area contributed by atoms with E-state index in [1.54, 1.807) is 6.92 Å². The van der Waals surface area contributed by atoms with Crippen molar-refractivity contribution in [3.8, 4) is 0 Å². The van der Waals surface area contributed by atoms with E-state index in [0.29, 0.717) is 0 Å². The van der Waals surface area contributed by atoms with Gasteiger partial charge in [-0.05, 0) is 25.0 Å². The molecule has 1 atom stereocenters. The first kappa shape index (κ1) is 15.8. The van der Waals surface area contributed by atoms with Gasteiger partial charge in [0.25, 0.3) is 0 Å².